The molecule has 4 nitrogen and oxygen atoms in total. The van der Waals surface area contributed by atoms with E-state index in [-0.39, 0.29) is 6.04 Å². The lowest BCUT2D eigenvalue weighted by Crippen LogP contribution is -2.51. The van der Waals surface area contributed by atoms with Gasteiger partial charge < -0.3 is 15.1 Å². The van der Waals surface area contributed by atoms with E-state index in [2.05, 4.69) is 29.1 Å². The number of rotatable bonds is 6. The van der Waals surface area contributed by atoms with Crippen molar-refractivity contribution in [3.8, 4) is 0 Å². The van der Waals surface area contributed by atoms with Crippen molar-refractivity contribution in [3.63, 3.8) is 0 Å². The summed E-state index contributed by atoms with van der Waals surface area (Å²) in [4.78, 5) is 17.0. The second-order valence-corrected chi connectivity index (χ2v) is 6.89. The van der Waals surface area contributed by atoms with E-state index in [1.165, 1.54) is 51.6 Å². The van der Waals surface area contributed by atoms with Crippen LogP contribution >= 0.6 is 0 Å². The Kier molecular flexibility index (Phi) is 6.97. The SMILES string of the molecule is CCCCN(C)CC1CCN(C(=O)C2CCCCN2)CC1. The molecular formula is C17H33N3O. The summed E-state index contributed by atoms with van der Waals surface area (Å²) in [5, 5.41) is 3.38. The van der Waals surface area contributed by atoms with Gasteiger partial charge in [0.1, 0.15) is 0 Å². The molecule has 2 rings (SSSR count). The maximum atomic E-state index is 12.5. The Morgan fingerprint density at radius 2 is 2.00 bits per heavy atom. The number of nitrogens with zero attached hydrogens (tertiary/aromatic N) is 2. The van der Waals surface area contributed by atoms with Crippen molar-refractivity contribution < 1.29 is 4.79 Å². The highest BCUT2D eigenvalue weighted by Crippen LogP contribution is 2.20. The number of carbonyl (C=O) groups excluding carboxylic acids is 1. The van der Waals surface area contributed by atoms with Crippen LogP contribution in [0.5, 0.6) is 0 Å². The van der Waals surface area contributed by atoms with Gasteiger partial charge in [0.25, 0.3) is 0 Å². The Balaban J connectivity index is 1.68. The zero-order valence-corrected chi connectivity index (χ0v) is 13.9. The van der Waals surface area contributed by atoms with Gasteiger partial charge in [-0.1, -0.05) is 19.8 Å². The molecule has 1 atom stereocenters. The van der Waals surface area contributed by atoms with Gasteiger partial charge in [0.2, 0.25) is 5.91 Å². The second kappa shape index (κ2) is 8.74. The predicted molar refractivity (Wildman–Crippen MR) is 87.4 cm³/mol. The topological polar surface area (TPSA) is 35.6 Å². The molecule has 2 fully saturated rings. The van der Waals surface area contributed by atoms with E-state index in [0.717, 1.165) is 32.0 Å². The molecule has 2 aliphatic rings. The van der Waals surface area contributed by atoms with E-state index < -0.39 is 0 Å². The lowest BCUT2D eigenvalue weighted by atomic mass is 9.95. The average molecular weight is 295 g/mol. The zero-order valence-electron chi connectivity index (χ0n) is 13.9. The van der Waals surface area contributed by atoms with Crippen molar-refractivity contribution in [2.45, 2.75) is 57.9 Å². The summed E-state index contributed by atoms with van der Waals surface area (Å²) >= 11 is 0. The zero-order chi connectivity index (χ0) is 15.1. The van der Waals surface area contributed by atoms with Gasteiger partial charge in [-0.3, -0.25) is 4.79 Å². The number of amides is 1. The van der Waals surface area contributed by atoms with Gasteiger partial charge in [-0.05, 0) is 58.2 Å². The molecule has 2 aliphatic heterocycles. The highest BCUT2D eigenvalue weighted by molar-refractivity contribution is 5.82. The molecule has 0 saturated carbocycles. The number of unbranched alkanes of at least 4 members (excludes halogenated alkanes) is 1. The Labute approximate surface area is 130 Å². The van der Waals surface area contributed by atoms with E-state index in [4.69, 9.17) is 0 Å². The minimum absolute atomic E-state index is 0.0996. The average Bonchev–Trinajstić information content (AvgIpc) is 2.54. The predicted octanol–water partition coefficient (Wildman–Crippen LogP) is 2.10. The molecule has 21 heavy (non-hydrogen) atoms. The number of piperidine rings is 2. The smallest absolute Gasteiger partial charge is 0.239 e. The van der Waals surface area contributed by atoms with Crippen molar-refractivity contribution in [3.05, 3.63) is 0 Å². The Hall–Kier alpha value is -0.610. The molecule has 0 spiro atoms. The Morgan fingerprint density at radius 1 is 1.24 bits per heavy atom. The quantitative estimate of drug-likeness (QED) is 0.815. The van der Waals surface area contributed by atoms with Gasteiger partial charge >= 0.3 is 0 Å². The van der Waals surface area contributed by atoms with Crippen LogP contribution in [0.15, 0.2) is 0 Å². The van der Waals surface area contributed by atoms with Crippen molar-refractivity contribution in [2.24, 2.45) is 5.92 Å². The van der Waals surface area contributed by atoms with Crippen molar-refractivity contribution in [1.29, 1.82) is 0 Å². The summed E-state index contributed by atoms with van der Waals surface area (Å²) in [7, 11) is 2.24. The maximum Gasteiger partial charge on any atom is 0.239 e. The van der Waals surface area contributed by atoms with Crippen LogP contribution in [-0.4, -0.2) is 61.5 Å². The van der Waals surface area contributed by atoms with Gasteiger partial charge in [-0.15, -0.1) is 0 Å². The summed E-state index contributed by atoms with van der Waals surface area (Å²) < 4.78 is 0. The lowest BCUT2D eigenvalue weighted by molar-refractivity contribution is -0.135. The monoisotopic (exact) mass is 295 g/mol. The van der Waals surface area contributed by atoms with E-state index >= 15 is 0 Å². The third-order valence-electron chi connectivity index (χ3n) is 5.00. The first-order valence-corrected chi connectivity index (χ1v) is 8.91. The third-order valence-corrected chi connectivity index (χ3v) is 5.00. The summed E-state index contributed by atoms with van der Waals surface area (Å²) in [6, 6.07) is 0.0996. The molecule has 0 radical (unpaired) electrons. The second-order valence-electron chi connectivity index (χ2n) is 6.89. The molecule has 0 aliphatic carbocycles. The first-order chi connectivity index (χ1) is 10.2. The fourth-order valence-corrected chi connectivity index (χ4v) is 3.58. The van der Waals surface area contributed by atoms with Gasteiger partial charge in [-0.25, -0.2) is 0 Å². The van der Waals surface area contributed by atoms with Crippen molar-refractivity contribution in [2.75, 3.05) is 39.8 Å². The summed E-state index contributed by atoms with van der Waals surface area (Å²) in [6.07, 6.45) is 8.35. The molecule has 0 aromatic rings. The van der Waals surface area contributed by atoms with Crippen molar-refractivity contribution in [1.82, 2.24) is 15.1 Å². The first-order valence-electron chi connectivity index (χ1n) is 8.91. The number of carbonyl (C=O) groups is 1. The Bertz CT molecular complexity index is 307. The number of hydrogen-bond donors (Lipinski definition) is 1. The minimum atomic E-state index is 0.0996. The van der Waals surface area contributed by atoms with Crippen LogP contribution in [0.2, 0.25) is 0 Å². The summed E-state index contributed by atoms with van der Waals surface area (Å²) in [5.41, 5.74) is 0. The fourth-order valence-electron chi connectivity index (χ4n) is 3.58. The maximum absolute atomic E-state index is 12.5. The molecule has 4 heteroatoms. The highest BCUT2D eigenvalue weighted by Gasteiger charge is 2.29. The molecule has 1 amide bonds. The standard InChI is InChI=1S/C17H33N3O/c1-3-4-11-19(2)14-15-8-12-20(13-9-15)17(21)16-7-5-6-10-18-16/h15-16,18H,3-14H2,1-2H3. The van der Waals surface area contributed by atoms with Crippen molar-refractivity contribution >= 4 is 5.91 Å². The molecule has 2 saturated heterocycles. The van der Waals surface area contributed by atoms with Crippen LogP contribution < -0.4 is 5.32 Å². The number of nitrogens with one attached hydrogen (secondary N) is 1. The largest absolute Gasteiger partial charge is 0.341 e. The molecule has 2 heterocycles. The van der Waals surface area contributed by atoms with Gasteiger partial charge in [0, 0.05) is 19.6 Å². The van der Waals surface area contributed by atoms with Gasteiger partial charge in [-0.2, -0.15) is 0 Å². The number of likely N-dealkylation sites (tertiary alicyclic amines) is 1. The van der Waals surface area contributed by atoms with E-state index in [0.29, 0.717) is 5.91 Å². The molecule has 0 bridgehead atoms. The van der Waals surface area contributed by atoms with Crippen LogP contribution in [0.3, 0.4) is 0 Å². The van der Waals surface area contributed by atoms with E-state index in [1.54, 1.807) is 0 Å². The Morgan fingerprint density at radius 3 is 2.62 bits per heavy atom. The van der Waals surface area contributed by atoms with E-state index in [1.807, 2.05) is 0 Å². The molecule has 122 valence electrons. The van der Waals surface area contributed by atoms with Crippen LogP contribution in [0.25, 0.3) is 0 Å². The molecule has 0 aromatic carbocycles. The fraction of sp³-hybridized carbons (Fsp3) is 0.941. The molecular weight excluding hydrogens is 262 g/mol. The molecule has 0 aromatic heterocycles. The highest BCUT2D eigenvalue weighted by atomic mass is 16.2. The van der Waals surface area contributed by atoms with Crippen LogP contribution in [0.4, 0.5) is 0 Å². The third kappa shape index (κ3) is 5.26. The van der Waals surface area contributed by atoms with E-state index in [9.17, 15) is 4.79 Å². The summed E-state index contributed by atoms with van der Waals surface area (Å²) in [5.74, 6) is 1.13. The summed E-state index contributed by atoms with van der Waals surface area (Å²) in [6.45, 7) is 7.59. The van der Waals surface area contributed by atoms with Gasteiger partial charge in [0.05, 0.1) is 6.04 Å². The lowest BCUT2D eigenvalue weighted by Gasteiger charge is -2.36. The van der Waals surface area contributed by atoms with Crippen LogP contribution in [0.1, 0.15) is 51.9 Å². The van der Waals surface area contributed by atoms with Gasteiger partial charge in [0.15, 0.2) is 0 Å². The molecule has 1 N–H and O–H groups in total. The first kappa shape index (κ1) is 16.8. The van der Waals surface area contributed by atoms with Crippen LogP contribution in [0, 0.1) is 5.92 Å². The number of hydrogen-bond acceptors (Lipinski definition) is 3. The molecule has 1 unspecified atom stereocenters. The minimum Gasteiger partial charge on any atom is -0.341 e. The normalized spacial score (nSPS) is 24.5. The van der Waals surface area contributed by atoms with Crippen LogP contribution in [-0.2, 0) is 4.79 Å².